The minimum absolute atomic E-state index is 0. The Hall–Kier alpha value is -2.02. The van der Waals surface area contributed by atoms with E-state index in [1.54, 1.807) is 0 Å². The first-order valence-corrected chi connectivity index (χ1v) is 7.55. The van der Waals surface area contributed by atoms with Crippen LogP contribution in [0.4, 0.5) is 0 Å². The van der Waals surface area contributed by atoms with Crippen LogP contribution in [0.25, 0.3) is 0 Å². The Morgan fingerprint density at radius 2 is 0.739 bits per heavy atom. The van der Waals surface area contributed by atoms with E-state index >= 15 is 0 Å². The average Bonchev–Trinajstić information content (AvgIpc) is 2.65. The van der Waals surface area contributed by atoms with Gasteiger partial charge in [0, 0.05) is 0 Å². The average molecular weight is 343 g/mol. The van der Waals surface area contributed by atoms with Gasteiger partial charge in [-0.15, -0.1) is 37.2 Å². The smallest absolute Gasteiger partial charge is 0.119 e. The third-order valence-electron chi connectivity index (χ3n) is 3.51. The molecule has 3 rings (SSSR count). The van der Waals surface area contributed by atoms with Crippen molar-refractivity contribution in [3.8, 4) is 0 Å². The summed E-state index contributed by atoms with van der Waals surface area (Å²) in [5.41, 5.74) is 3.25. The molecule has 0 unspecified atom stereocenters. The van der Waals surface area contributed by atoms with Gasteiger partial charge in [-0.05, 0) is 16.7 Å². The highest BCUT2D eigenvalue weighted by molar-refractivity contribution is 6.28. The van der Waals surface area contributed by atoms with Crippen LogP contribution in [0.15, 0.2) is 104 Å². The fraction of sp³-hybridized carbons (Fsp3) is 0.0476. The van der Waals surface area contributed by atoms with E-state index in [1.165, 1.54) is 0 Å². The van der Waals surface area contributed by atoms with Gasteiger partial charge in [0.25, 0.3) is 0 Å². The first-order chi connectivity index (χ1) is 10.8. The number of hydrogen-bond donors (Lipinski definition) is 0. The monoisotopic (exact) mass is 342 g/mol. The molecular formula is C21H20Cl2. The molecule has 0 aromatic heterocycles. The molecule has 0 aliphatic rings. The molecule has 0 spiro atoms. The maximum atomic E-state index is 7.12. The Bertz CT molecular complexity index is 582. The highest BCUT2D eigenvalue weighted by atomic mass is 35.5. The van der Waals surface area contributed by atoms with E-state index < -0.39 is 4.87 Å². The lowest BCUT2D eigenvalue weighted by Crippen LogP contribution is -2.22. The minimum Gasteiger partial charge on any atom is -0.147 e. The van der Waals surface area contributed by atoms with E-state index in [1.807, 2.05) is 54.6 Å². The molecule has 0 aliphatic heterocycles. The van der Waals surface area contributed by atoms with Crippen LogP contribution in [0.3, 0.4) is 0 Å². The zero-order chi connectivity index (χ0) is 15.8. The van der Waals surface area contributed by atoms with Crippen molar-refractivity contribution in [3.05, 3.63) is 121 Å². The van der Waals surface area contributed by atoms with Crippen molar-refractivity contribution in [3.63, 3.8) is 0 Å². The Balaban J connectivity index is 0.000000849. The molecule has 0 N–H and O–H groups in total. The van der Waals surface area contributed by atoms with Gasteiger partial charge in [0.2, 0.25) is 0 Å². The Morgan fingerprint density at radius 3 is 0.957 bits per heavy atom. The van der Waals surface area contributed by atoms with Crippen LogP contribution in [0, 0.1) is 0 Å². The van der Waals surface area contributed by atoms with Crippen molar-refractivity contribution in [2.45, 2.75) is 4.87 Å². The van der Waals surface area contributed by atoms with Gasteiger partial charge in [-0.3, -0.25) is 0 Å². The van der Waals surface area contributed by atoms with Crippen molar-refractivity contribution in [1.29, 1.82) is 0 Å². The largest absolute Gasteiger partial charge is 0.147 e. The number of benzene rings is 3. The minimum atomic E-state index is -0.649. The van der Waals surface area contributed by atoms with Gasteiger partial charge in [0.1, 0.15) is 4.87 Å². The Kier molecular flexibility index (Phi) is 7.61. The summed E-state index contributed by atoms with van der Waals surface area (Å²) in [7, 11) is 0. The molecule has 0 nitrogen and oxygen atoms in total. The van der Waals surface area contributed by atoms with E-state index in [-0.39, 0.29) is 12.4 Å². The van der Waals surface area contributed by atoms with Gasteiger partial charge < -0.3 is 0 Å². The van der Waals surface area contributed by atoms with Crippen LogP contribution in [0.1, 0.15) is 16.7 Å². The standard InChI is InChI=1S/C19H15Cl.C2H4.ClH/c20-19(16-10-4-1-5-11-16,17-12-6-2-7-13-17)18-14-8-3-9-15-18;1-2;/h1-15H;1-2H2;1H. The molecule has 3 aromatic carbocycles. The summed E-state index contributed by atoms with van der Waals surface area (Å²) < 4.78 is 0. The van der Waals surface area contributed by atoms with Gasteiger partial charge in [-0.1, -0.05) is 91.0 Å². The summed E-state index contributed by atoms with van der Waals surface area (Å²) >= 11 is 7.12. The van der Waals surface area contributed by atoms with Gasteiger partial charge in [-0.2, -0.15) is 0 Å². The lowest BCUT2D eigenvalue weighted by Gasteiger charge is -2.29. The third kappa shape index (κ3) is 4.04. The second kappa shape index (κ2) is 9.19. The second-order valence-electron chi connectivity index (χ2n) is 4.76. The molecule has 0 radical (unpaired) electrons. The van der Waals surface area contributed by atoms with Gasteiger partial charge in [0.15, 0.2) is 0 Å². The van der Waals surface area contributed by atoms with Crippen molar-refractivity contribution in [2.24, 2.45) is 0 Å². The highest BCUT2D eigenvalue weighted by Gasteiger charge is 2.33. The predicted octanol–water partition coefficient (Wildman–Crippen LogP) is 6.44. The Labute approximate surface area is 149 Å². The number of rotatable bonds is 3. The summed E-state index contributed by atoms with van der Waals surface area (Å²) in [6, 6.07) is 30.6. The number of halogens is 2. The normalized spacial score (nSPS) is 9.96. The van der Waals surface area contributed by atoms with E-state index in [0.717, 1.165) is 16.7 Å². The topological polar surface area (TPSA) is 0 Å². The first kappa shape index (κ1) is 19.0. The zero-order valence-electron chi connectivity index (χ0n) is 12.9. The van der Waals surface area contributed by atoms with Crippen molar-refractivity contribution in [1.82, 2.24) is 0 Å². The summed E-state index contributed by atoms with van der Waals surface area (Å²) in [6.07, 6.45) is 0. The number of alkyl halides is 1. The molecule has 0 saturated carbocycles. The van der Waals surface area contributed by atoms with Gasteiger partial charge in [0.05, 0.1) is 0 Å². The quantitative estimate of drug-likeness (QED) is 0.292. The van der Waals surface area contributed by atoms with E-state index in [0.29, 0.717) is 0 Å². The summed E-state index contributed by atoms with van der Waals surface area (Å²) in [6.45, 7) is 6.00. The molecule has 0 amide bonds. The second-order valence-corrected chi connectivity index (χ2v) is 5.32. The van der Waals surface area contributed by atoms with Crippen LogP contribution in [0.2, 0.25) is 0 Å². The van der Waals surface area contributed by atoms with Crippen molar-refractivity contribution < 1.29 is 0 Å². The Morgan fingerprint density at radius 1 is 0.522 bits per heavy atom. The van der Waals surface area contributed by atoms with E-state index in [2.05, 4.69) is 49.6 Å². The SMILES string of the molecule is C=C.Cl.ClC(c1ccccc1)(c1ccccc1)c1ccccc1. The molecule has 2 heteroatoms. The van der Waals surface area contributed by atoms with E-state index in [9.17, 15) is 0 Å². The fourth-order valence-electron chi connectivity index (χ4n) is 2.50. The van der Waals surface area contributed by atoms with E-state index in [4.69, 9.17) is 11.6 Å². The molecule has 0 atom stereocenters. The van der Waals surface area contributed by atoms with Crippen molar-refractivity contribution in [2.75, 3.05) is 0 Å². The summed E-state index contributed by atoms with van der Waals surface area (Å²) in [5, 5.41) is 0. The molecular weight excluding hydrogens is 323 g/mol. The molecule has 3 aromatic rings. The highest BCUT2D eigenvalue weighted by Crippen LogP contribution is 2.42. The molecule has 118 valence electrons. The number of hydrogen-bond acceptors (Lipinski definition) is 0. The molecule has 0 bridgehead atoms. The molecule has 23 heavy (non-hydrogen) atoms. The molecule has 0 heterocycles. The summed E-state index contributed by atoms with van der Waals surface area (Å²) in [4.78, 5) is -0.649. The van der Waals surface area contributed by atoms with Crippen LogP contribution < -0.4 is 0 Å². The lowest BCUT2D eigenvalue weighted by atomic mass is 9.84. The maximum absolute atomic E-state index is 7.12. The van der Waals surface area contributed by atoms with Crippen LogP contribution in [-0.4, -0.2) is 0 Å². The van der Waals surface area contributed by atoms with Gasteiger partial charge >= 0.3 is 0 Å². The first-order valence-electron chi connectivity index (χ1n) is 7.17. The van der Waals surface area contributed by atoms with Gasteiger partial charge in [-0.25, -0.2) is 0 Å². The molecule has 0 saturated heterocycles. The van der Waals surface area contributed by atoms with Crippen LogP contribution >= 0.6 is 24.0 Å². The van der Waals surface area contributed by atoms with Crippen molar-refractivity contribution >= 4 is 24.0 Å². The predicted molar refractivity (Wildman–Crippen MR) is 104 cm³/mol. The fourth-order valence-corrected chi connectivity index (χ4v) is 2.88. The molecule has 0 aliphatic carbocycles. The third-order valence-corrected chi connectivity index (χ3v) is 4.17. The maximum Gasteiger partial charge on any atom is 0.119 e. The molecule has 0 fully saturated rings. The lowest BCUT2D eigenvalue weighted by molar-refractivity contribution is 0.879. The van der Waals surface area contributed by atoms with Crippen LogP contribution in [-0.2, 0) is 4.87 Å². The summed E-state index contributed by atoms with van der Waals surface area (Å²) in [5.74, 6) is 0. The van der Waals surface area contributed by atoms with Crippen LogP contribution in [0.5, 0.6) is 0 Å². The zero-order valence-corrected chi connectivity index (χ0v) is 14.4.